The van der Waals surface area contributed by atoms with E-state index in [4.69, 9.17) is 5.26 Å². The van der Waals surface area contributed by atoms with Crippen molar-refractivity contribution in [3.63, 3.8) is 0 Å². The Morgan fingerprint density at radius 2 is 2.31 bits per heavy atom. The van der Waals surface area contributed by atoms with Gasteiger partial charge in [0.15, 0.2) is 0 Å². The molecule has 1 nitrogen and oxygen atoms in total. The van der Waals surface area contributed by atoms with Gasteiger partial charge >= 0.3 is 0 Å². The van der Waals surface area contributed by atoms with Crippen LogP contribution >= 0.6 is 27.3 Å². The van der Waals surface area contributed by atoms with E-state index in [1.807, 2.05) is 17.5 Å². The number of nitrogens with zero attached hydrogens (tertiary/aromatic N) is 1. The van der Waals surface area contributed by atoms with E-state index >= 15 is 0 Å². The highest BCUT2D eigenvalue weighted by Gasteiger charge is 2.05. The molecule has 0 atom stereocenters. The summed E-state index contributed by atoms with van der Waals surface area (Å²) in [7, 11) is 0. The van der Waals surface area contributed by atoms with Gasteiger partial charge in [-0.25, -0.2) is 0 Å². The highest BCUT2D eigenvalue weighted by molar-refractivity contribution is 9.08. The molecule has 1 aromatic carbocycles. The lowest BCUT2D eigenvalue weighted by Gasteiger charge is -1.96. The molecule has 0 unspecified atom stereocenters. The predicted molar refractivity (Wildman–Crippen MR) is 59.2 cm³/mol. The van der Waals surface area contributed by atoms with Gasteiger partial charge in [0.25, 0.3) is 0 Å². The normalized spacial score (nSPS) is 10.2. The van der Waals surface area contributed by atoms with Crippen LogP contribution < -0.4 is 0 Å². The summed E-state index contributed by atoms with van der Waals surface area (Å²) < 4.78 is 1.22. The van der Waals surface area contributed by atoms with Gasteiger partial charge in [-0.3, -0.25) is 0 Å². The van der Waals surface area contributed by atoms with Crippen LogP contribution in [0.5, 0.6) is 0 Å². The lowest BCUT2D eigenvalue weighted by atomic mass is 10.1. The molecule has 0 radical (unpaired) electrons. The molecule has 0 fully saturated rings. The second kappa shape index (κ2) is 3.49. The van der Waals surface area contributed by atoms with Gasteiger partial charge in [-0.1, -0.05) is 34.1 Å². The summed E-state index contributed by atoms with van der Waals surface area (Å²) >= 11 is 5.07. The molecule has 2 rings (SSSR count). The monoisotopic (exact) mass is 251 g/mol. The highest BCUT2D eigenvalue weighted by Crippen LogP contribution is 2.29. The van der Waals surface area contributed by atoms with Crippen molar-refractivity contribution in [2.45, 2.75) is 5.33 Å². The SMILES string of the molecule is N#Cc1csc2c(CBr)cccc12. The van der Waals surface area contributed by atoms with Crippen molar-refractivity contribution in [1.82, 2.24) is 0 Å². The molecule has 13 heavy (non-hydrogen) atoms. The topological polar surface area (TPSA) is 23.8 Å². The van der Waals surface area contributed by atoms with Gasteiger partial charge in [-0.15, -0.1) is 11.3 Å². The van der Waals surface area contributed by atoms with Crippen LogP contribution in [-0.2, 0) is 5.33 Å². The van der Waals surface area contributed by atoms with Gasteiger partial charge in [0.1, 0.15) is 6.07 Å². The molecule has 0 saturated carbocycles. The molecule has 0 aliphatic heterocycles. The fourth-order valence-electron chi connectivity index (χ4n) is 1.31. The number of alkyl halides is 1. The number of fused-ring (bicyclic) bond motifs is 1. The molecule has 3 heteroatoms. The van der Waals surface area contributed by atoms with Crippen molar-refractivity contribution < 1.29 is 0 Å². The van der Waals surface area contributed by atoms with Crippen LogP contribution in [0.1, 0.15) is 11.1 Å². The molecule has 1 aromatic heterocycles. The third-order valence-corrected chi connectivity index (χ3v) is 3.62. The van der Waals surface area contributed by atoms with E-state index in [1.54, 1.807) is 11.3 Å². The molecule has 0 N–H and O–H groups in total. The minimum absolute atomic E-state index is 0.780. The maximum atomic E-state index is 8.83. The summed E-state index contributed by atoms with van der Waals surface area (Å²) in [6, 6.07) is 8.26. The maximum absolute atomic E-state index is 8.83. The van der Waals surface area contributed by atoms with Crippen LogP contribution in [-0.4, -0.2) is 0 Å². The Morgan fingerprint density at radius 3 is 3.00 bits per heavy atom. The quantitative estimate of drug-likeness (QED) is 0.710. The number of rotatable bonds is 1. The third kappa shape index (κ3) is 1.37. The molecule has 0 aliphatic carbocycles. The Hall–Kier alpha value is -0.850. The molecule has 0 bridgehead atoms. The summed E-state index contributed by atoms with van der Waals surface area (Å²) in [6.07, 6.45) is 0. The smallest absolute Gasteiger partial charge is 0.101 e. The molecule has 0 spiro atoms. The van der Waals surface area contributed by atoms with Crippen molar-refractivity contribution in [1.29, 1.82) is 5.26 Å². The van der Waals surface area contributed by atoms with Gasteiger partial charge in [0.2, 0.25) is 0 Å². The second-order valence-electron chi connectivity index (χ2n) is 2.69. The summed E-state index contributed by atoms with van der Waals surface area (Å²) in [4.78, 5) is 0. The Bertz CT molecular complexity index is 481. The minimum atomic E-state index is 0.780. The first kappa shape index (κ1) is 8.74. The Morgan fingerprint density at radius 1 is 1.46 bits per heavy atom. The Labute approximate surface area is 88.7 Å². The third-order valence-electron chi connectivity index (χ3n) is 1.95. The number of hydrogen-bond donors (Lipinski definition) is 0. The van der Waals surface area contributed by atoms with Crippen LogP contribution in [0.4, 0.5) is 0 Å². The standard InChI is InChI=1S/C10H6BrNS/c11-4-7-2-1-3-9-8(5-12)6-13-10(7)9/h1-3,6H,4H2. The molecule has 2 aromatic rings. The average molecular weight is 252 g/mol. The van der Waals surface area contributed by atoms with E-state index in [0.717, 1.165) is 16.3 Å². The summed E-state index contributed by atoms with van der Waals surface area (Å²) in [5, 5.41) is 12.7. The van der Waals surface area contributed by atoms with E-state index in [0.29, 0.717) is 0 Å². The van der Waals surface area contributed by atoms with Gasteiger partial charge < -0.3 is 0 Å². The van der Waals surface area contributed by atoms with Gasteiger partial charge in [0, 0.05) is 20.8 Å². The lowest BCUT2D eigenvalue weighted by Crippen LogP contribution is -1.76. The van der Waals surface area contributed by atoms with Gasteiger partial charge in [0.05, 0.1) is 5.56 Å². The van der Waals surface area contributed by atoms with Gasteiger partial charge in [-0.2, -0.15) is 5.26 Å². The number of nitriles is 1. The van der Waals surface area contributed by atoms with Crippen LogP contribution in [0.3, 0.4) is 0 Å². The zero-order chi connectivity index (χ0) is 9.26. The van der Waals surface area contributed by atoms with Crippen molar-refractivity contribution in [2.24, 2.45) is 0 Å². The average Bonchev–Trinajstić information content (AvgIpc) is 2.60. The number of thiophene rings is 1. The van der Waals surface area contributed by atoms with E-state index in [-0.39, 0.29) is 0 Å². The first-order valence-electron chi connectivity index (χ1n) is 3.82. The van der Waals surface area contributed by atoms with Crippen molar-refractivity contribution in [2.75, 3.05) is 0 Å². The number of benzene rings is 1. The maximum Gasteiger partial charge on any atom is 0.101 e. The van der Waals surface area contributed by atoms with E-state index < -0.39 is 0 Å². The predicted octanol–water partition coefficient (Wildman–Crippen LogP) is 3.67. The molecular weight excluding hydrogens is 246 g/mol. The zero-order valence-electron chi connectivity index (χ0n) is 6.75. The number of hydrogen-bond acceptors (Lipinski definition) is 2. The summed E-state index contributed by atoms with van der Waals surface area (Å²) in [5.41, 5.74) is 2.03. The zero-order valence-corrected chi connectivity index (χ0v) is 9.15. The van der Waals surface area contributed by atoms with Crippen molar-refractivity contribution in [3.8, 4) is 6.07 Å². The molecule has 0 aliphatic rings. The highest BCUT2D eigenvalue weighted by atomic mass is 79.9. The van der Waals surface area contributed by atoms with Crippen LogP contribution in [0.15, 0.2) is 23.6 Å². The lowest BCUT2D eigenvalue weighted by molar-refractivity contribution is 1.50. The molecule has 1 heterocycles. The fourth-order valence-corrected chi connectivity index (χ4v) is 2.97. The number of halogens is 1. The fraction of sp³-hybridized carbons (Fsp3) is 0.100. The van der Waals surface area contributed by atoms with E-state index in [2.05, 4.69) is 28.1 Å². The molecule has 0 saturated heterocycles. The first-order valence-corrected chi connectivity index (χ1v) is 5.82. The molecular formula is C10H6BrNS. The Kier molecular flexibility index (Phi) is 2.34. The minimum Gasteiger partial charge on any atom is -0.192 e. The van der Waals surface area contributed by atoms with Crippen LogP contribution in [0.2, 0.25) is 0 Å². The largest absolute Gasteiger partial charge is 0.192 e. The second-order valence-corrected chi connectivity index (χ2v) is 4.13. The molecule has 0 amide bonds. The van der Waals surface area contributed by atoms with E-state index in [1.165, 1.54) is 10.3 Å². The Balaban J connectivity index is 2.81. The summed E-state index contributed by atoms with van der Waals surface area (Å²) in [5.74, 6) is 0. The summed E-state index contributed by atoms with van der Waals surface area (Å²) in [6.45, 7) is 0. The van der Waals surface area contributed by atoms with Crippen molar-refractivity contribution >= 4 is 37.4 Å². The van der Waals surface area contributed by atoms with E-state index in [9.17, 15) is 0 Å². The van der Waals surface area contributed by atoms with Gasteiger partial charge in [-0.05, 0) is 5.56 Å². The van der Waals surface area contributed by atoms with Crippen LogP contribution in [0, 0.1) is 11.3 Å². The van der Waals surface area contributed by atoms with Crippen LogP contribution in [0.25, 0.3) is 10.1 Å². The first-order chi connectivity index (χ1) is 6.36. The van der Waals surface area contributed by atoms with Crippen molar-refractivity contribution in [3.05, 3.63) is 34.7 Å². The molecule has 64 valence electrons.